The van der Waals surface area contributed by atoms with Crippen molar-refractivity contribution in [1.29, 1.82) is 0 Å². The molecule has 0 spiro atoms. The van der Waals surface area contributed by atoms with Crippen LogP contribution >= 0.6 is 15.9 Å². The average molecular weight is 232 g/mol. The van der Waals surface area contributed by atoms with Crippen molar-refractivity contribution >= 4 is 21.8 Å². The van der Waals surface area contributed by atoms with Gasteiger partial charge >= 0.3 is 0 Å². The van der Waals surface area contributed by atoms with Crippen LogP contribution in [-0.4, -0.2) is 27.6 Å². The van der Waals surface area contributed by atoms with Crippen molar-refractivity contribution in [3.05, 3.63) is 18.0 Å². The Kier molecular flexibility index (Phi) is 3.28. The fourth-order valence-corrected chi connectivity index (χ4v) is 1.000. The lowest BCUT2D eigenvalue weighted by molar-refractivity contribution is 0.0956. The maximum atomic E-state index is 11.2. The summed E-state index contributed by atoms with van der Waals surface area (Å²) in [6.07, 6.45) is 3.23. The second-order valence-corrected chi connectivity index (χ2v) is 3.14. The average Bonchev–Trinajstić information content (AvgIpc) is 2.47. The minimum atomic E-state index is -0.0810. The highest BCUT2D eigenvalue weighted by molar-refractivity contribution is 9.09. The van der Waals surface area contributed by atoms with E-state index in [1.54, 1.807) is 24.1 Å². The highest BCUT2D eigenvalue weighted by atomic mass is 79.9. The predicted molar refractivity (Wildman–Crippen MR) is 49.3 cm³/mol. The van der Waals surface area contributed by atoms with Gasteiger partial charge in [0, 0.05) is 25.1 Å². The molecule has 12 heavy (non-hydrogen) atoms. The third kappa shape index (κ3) is 2.34. The monoisotopic (exact) mass is 231 g/mol. The fraction of sp³-hybridized carbons (Fsp3) is 0.429. The van der Waals surface area contributed by atoms with Gasteiger partial charge < -0.3 is 5.32 Å². The topological polar surface area (TPSA) is 46.9 Å². The Morgan fingerprint density at radius 2 is 2.58 bits per heavy atom. The molecule has 0 aromatic carbocycles. The smallest absolute Gasteiger partial charge is 0.254 e. The Morgan fingerprint density at radius 1 is 1.83 bits per heavy atom. The molecule has 0 atom stereocenters. The lowest BCUT2D eigenvalue weighted by Crippen LogP contribution is -2.24. The maximum Gasteiger partial charge on any atom is 0.254 e. The summed E-state index contributed by atoms with van der Waals surface area (Å²) >= 11 is 3.22. The molecule has 5 heteroatoms. The molecule has 0 bridgehead atoms. The van der Waals surface area contributed by atoms with Crippen molar-refractivity contribution in [1.82, 2.24) is 15.1 Å². The van der Waals surface area contributed by atoms with Crippen molar-refractivity contribution < 1.29 is 4.79 Å². The van der Waals surface area contributed by atoms with Crippen LogP contribution in [0.4, 0.5) is 0 Å². The summed E-state index contributed by atoms with van der Waals surface area (Å²) in [6, 6.07) is 0. The van der Waals surface area contributed by atoms with E-state index in [1.807, 2.05) is 0 Å². The van der Waals surface area contributed by atoms with E-state index in [-0.39, 0.29) is 5.91 Å². The fourth-order valence-electron chi connectivity index (χ4n) is 0.801. The molecule has 1 heterocycles. The highest BCUT2D eigenvalue weighted by Gasteiger charge is 2.05. The molecule has 1 amide bonds. The quantitative estimate of drug-likeness (QED) is 0.773. The molecule has 1 aromatic heterocycles. The van der Waals surface area contributed by atoms with Crippen LogP contribution in [0.15, 0.2) is 12.4 Å². The maximum absolute atomic E-state index is 11.2. The number of nitrogens with zero attached hydrogens (tertiary/aromatic N) is 2. The van der Waals surface area contributed by atoms with Crippen molar-refractivity contribution in [2.75, 3.05) is 11.9 Å². The van der Waals surface area contributed by atoms with Crippen molar-refractivity contribution in [2.45, 2.75) is 0 Å². The SMILES string of the molecule is Cn1cc(C(=O)NCCBr)cn1. The molecule has 0 radical (unpaired) electrons. The van der Waals surface area contributed by atoms with E-state index in [9.17, 15) is 4.79 Å². The van der Waals surface area contributed by atoms with Gasteiger partial charge in [0.25, 0.3) is 5.91 Å². The van der Waals surface area contributed by atoms with E-state index in [4.69, 9.17) is 0 Å². The number of amides is 1. The zero-order chi connectivity index (χ0) is 8.97. The summed E-state index contributed by atoms with van der Waals surface area (Å²) in [5, 5.41) is 7.38. The van der Waals surface area contributed by atoms with E-state index in [0.29, 0.717) is 12.1 Å². The molecule has 1 aromatic rings. The molecule has 4 nitrogen and oxygen atoms in total. The van der Waals surface area contributed by atoms with Gasteiger partial charge in [0.15, 0.2) is 0 Å². The summed E-state index contributed by atoms with van der Waals surface area (Å²) in [4.78, 5) is 11.2. The number of hydrogen-bond acceptors (Lipinski definition) is 2. The zero-order valence-electron chi connectivity index (χ0n) is 6.75. The van der Waals surface area contributed by atoms with Crippen LogP contribution < -0.4 is 5.32 Å². The molecule has 0 unspecified atom stereocenters. The van der Waals surface area contributed by atoms with E-state index >= 15 is 0 Å². The first-order valence-electron chi connectivity index (χ1n) is 3.57. The molecular weight excluding hydrogens is 222 g/mol. The molecule has 0 saturated heterocycles. The lowest BCUT2D eigenvalue weighted by Gasteiger charge is -1.98. The number of hydrogen-bond donors (Lipinski definition) is 1. The summed E-state index contributed by atoms with van der Waals surface area (Å²) < 4.78 is 1.60. The van der Waals surface area contributed by atoms with E-state index < -0.39 is 0 Å². The van der Waals surface area contributed by atoms with E-state index in [2.05, 4.69) is 26.3 Å². The van der Waals surface area contributed by atoms with Crippen molar-refractivity contribution in [2.24, 2.45) is 7.05 Å². The normalized spacial score (nSPS) is 9.83. The second-order valence-electron chi connectivity index (χ2n) is 2.35. The van der Waals surface area contributed by atoms with Crippen LogP contribution in [-0.2, 0) is 7.05 Å². The van der Waals surface area contributed by atoms with Crippen molar-refractivity contribution in [3.8, 4) is 0 Å². The van der Waals surface area contributed by atoms with Crippen LogP contribution in [0.5, 0.6) is 0 Å². The minimum absolute atomic E-state index is 0.0810. The molecular formula is C7H10BrN3O. The first-order valence-corrected chi connectivity index (χ1v) is 4.69. The summed E-state index contributed by atoms with van der Waals surface area (Å²) in [5.41, 5.74) is 0.596. The molecule has 0 aliphatic rings. The Hall–Kier alpha value is -0.840. The minimum Gasteiger partial charge on any atom is -0.351 e. The number of aromatic nitrogens is 2. The molecule has 0 aliphatic heterocycles. The number of carbonyl (C=O) groups is 1. The van der Waals surface area contributed by atoms with Gasteiger partial charge in [-0.3, -0.25) is 9.48 Å². The molecule has 66 valence electrons. The van der Waals surface area contributed by atoms with Gasteiger partial charge in [0.05, 0.1) is 11.8 Å². The third-order valence-corrected chi connectivity index (χ3v) is 1.74. The second kappa shape index (κ2) is 4.25. The Bertz CT molecular complexity index is 271. The van der Waals surface area contributed by atoms with Gasteiger partial charge in [-0.15, -0.1) is 0 Å². The Morgan fingerprint density at radius 3 is 3.08 bits per heavy atom. The highest BCUT2D eigenvalue weighted by Crippen LogP contribution is 1.94. The summed E-state index contributed by atoms with van der Waals surface area (Å²) in [6.45, 7) is 0.633. The molecule has 0 aliphatic carbocycles. The number of aryl methyl sites for hydroxylation is 1. The summed E-state index contributed by atoms with van der Waals surface area (Å²) in [5.74, 6) is -0.0810. The number of carbonyl (C=O) groups excluding carboxylic acids is 1. The third-order valence-electron chi connectivity index (χ3n) is 1.35. The first kappa shape index (κ1) is 9.25. The first-order chi connectivity index (χ1) is 5.74. The number of nitrogens with one attached hydrogen (secondary N) is 1. The van der Waals surface area contributed by atoms with E-state index in [0.717, 1.165) is 5.33 Å². The van der Waals surface area contributed by atoms with Gasteiger partial charge in [-0.05, 0) is 0 Å². The van der Waals surface area contributed by atoms with Gasteiger partial charge in [-0.1, -0.05) is 15.9 Å². The lowest BCUT2D eigenvalue weighted by atomic mass is 10.3. The molecule has 0 saturated carbocycles. The van der Waals surface area contributed by atoms with Crippen LogP contribution in [0.2, 0.25) is 0 Å². The van der Waals surface area contributed by atoms with Gasteiger partial charge in [0.2, 0.25) is 0 Å². The van der Waals surface area contributed by atoms with Crippen LogP contribution in [0.25, 0.3) is 0 Å². The van der Waals surface area contributed by atoms with Gasteiger partial charge in [-0.25, -0.2) is 0 Å². The summed E-state index contributed by atoms with van der Waals surface area (Å²) in [7, 11) is 1.78. The molecule has 1 N–H and O–H groups in total. The van der Waals surface area contributed by atoms with Crippen LogP contribution in [0.1, 0.15) is 10.4 Å². The zero-order valence-corrected chi connectivity index (χ0v) is 8.34. The van der Waals surface area contributed by atoms with Crippen LogP contribution in [0, 0.1) is 0 Å². The standard InChI is InChI=1S/C7H10BrN3O/c1-11-5-6(4-10-11)7(12)9-3-2-8/h4-5H,2-3H2,1H3,(H,9,12). The van der Waals surface area contributed by atoms with E-state index in [1.165, 1.54) is 0 Å². The van der Waals surface area contributed by atoms with Gasteiger partial charge in [-0.2, -0.15) is 5.10 Å². The molecule has 1 rings (SSSR count). The number of rotatable bonds is 3. The van der Waals surface area contributed by atoms with Crippen molar-refractivity contribution in [3.63, 3.8) is 0 Å². The molecule has 0 fully saturated rings. The Labute approximate surface area is 79.1 Å². The number of alkyl halides is 1. The number of halogens is 1. The Balaban J connectivity index is 2.53. The van der Waals surface area contributed by atoms with Gasteiger partial charge in [0.1, 0.15) is 0 Å². The predicted octanol–water partition coefficient (Wildman–Crippen LogP) is 0.545. The largest absolute Gasteiger partial charge is 0.351 e. The van der Waals surface area contributed by atoms with Crippen LogP contribution in [0.3, 0.4) is 0 Å².